The zero-order valence-electron chi connectivity index (χ0n) is 18.3. The van der Waals surface area contributed by atoms with Crippen molar-refractivity contribution < 1.29 is 28.5 Å². The van der Waals surface area contributed by atoms with E-state index in [0.717, 1.165) is 5.56 Å². The smallest absolute Gasteiger partial charge is 0.255 e. The molecule has 1 saturated heterocycles. The molecular weight excluding hydrogens is 436 g/mol. The zero-order chi connectivity index (χ0) is 23.1. The molecule has 0 bridgehead atoms. The molecule has 0 radical (unpaired) electrons. The molecule has 172 valence electrons. The van der Waals surface area contributed by atoms with E-state index in [1.54, 1.807) is 36.4 Å². The molecule has 1 N–H and O–H groups in total. The third-order valence-corrected chi connectivity index (χ3v) is 6.25. The van der Waals surface area contributed by atoms with Gasteiger partial charge in [0.15, 0.2) is 28.5 Å². The first-order valence-corrected chi connectivity index (χ1v) is 11.1. The highest BCUT2D eigenvalue weighted by Gasteiger charge is 2.58. The topological polar surface area (TPSA) is 86.3 Å². The number of nitrogens with zero attached hydrogens (tertiary/aromatic N) is 1. The van der Waals surface area contributed by atoms with Crippen LogP contribution in [0, 0.1) is 0 Å². The average Bonchev–Trinajstić information content (AvgIpc) is 2.87. The Labute approximate surface area is 196 Å². The van der Waals surface area contributed by atoms with Crippen LogP contribution in [0.1, 0.15) is 12.0 Å². The first kappa shape index (κ1) is 20.4. The Hall–Kier alpha value is -4.20. The summed E-state index contributed by atoms with van der Waals surface area (Å²) < 4.78 is 22.6. The Bertz CT molecular complexity index is 1280. The van der Waals surface area contributed by atoms with E-state index in [-0.39, 0.29) is 18.2 Å². The fourth-order valence-corrected chi connectivity index (χ4v) is 4.65. The van der Waals surface area contributed by atoms with Gasteiger partial charge < -0.3 is 24.3 Å². The van der Waals surface area contributed by atoms with Crippen LogP contribution in [0.3, 0.4) is 0 Å². The molecule has 0 aliphatic carbocycles. The molecule has 3 aliphatic rings. The van der Waals surface area contributed by atoms with E-state index in [2.05, 4.69) is 5.32 Å². The van der Waals surface area contributed by atoms with Crippen LogP contribution in [0.25, 0.3) is 0 Å². The predicted molar refractivity (Wildman–Crippen MR) is 124 cm³/mol. The number of hydrogen-bond donors (Lipinski definition) is 1. The summed E-state index contributed by atoms with van der Waals surface area (Å²) in [6, 6.07) is 19.9. The van der Waals surface area contributed by atoms with Crippen molar-refractivity contribution in [2.24, 2.45) is 0 Å². The fourth-order valence-electron chi connectivity index (χ4n) is 4.65. The number of hydrogen-bond acceptors (Lipinski definition) is 6. The summed E-state index contributed by atoms with van der Waals surface area (Å²) in [6.07, 6.45) is 0.0435. The molecule has 1 fully saturated rings. The van der Waals surface area contributed by atoms with Gasteiger partial charge in [-0.25, -0.2) is 0 Å². The maximum atomic E-state index is 13.9. The van der Waals surface area contributed by atoms with Crippen molar-refractivity contribution >= 4 is 23.2 Å². The zero-order valence-corrected chi connectivity index (χ0v) is 18.3. The lowest BCUT2D eigenvalue weighted by atomic mass is 9.76. The Balaban J connectivity index is 1.39. The molecule has 8 nitrogen and oxygen atoms in total. The molecule has 0 saturated carbocycles. The van der Waals surface area contributed by atoms with Crippen LogP contribution in [0.4, 0.5) is 11.4 Å². The number of fused-ring (bicyclic) bond motifs is 2. The van der Waals surface area contributed by atoms with Crippen LogP contribution in [-0.4, -0.2) is 38.2 Å². The summed E-state index contributed by atoms with van der Waals surface area (Å²) >= 11 is 0. The number of nitrogens with one attached hydrogen (secondary N) is 1. The van der Waals surface area contributed by atoms with Gasteiger partial charge in [0.2, 0.25) is 5.91 Å². The van der Waals surface area contributed by atoms with Crippen molar-refractivity contribution in [1.82, 2.24) is 0 Å². The van der Waals surface area contributed by atoms with Crippen LogP contribution in [0.15, 0.2) is 66.7 Å². The van der Waals surface area contributed by atoms with Gasteiger partial charge >= 0.3 is 0 Å². The Morgan fingerprint density at radius 3 is 2.06 bits per heavy atom. The summed E-state index contributed by atoms with van der Waals surface area (Å²) in [5, 5.41) is 2.99. The minimum absolute atomic E-state index is 0.0435. The second-order valence-corrected chi connectivity index (χ2v) is 8.27. The molecule has 1 atom stereocenters. The van der Waals surface area contributed by atoms with Gasteiger partial charge in [0.1, 0.15) is 26.4 Å². The summed E-state index contributed by atoms with van der Waals surface area (Å²) in [5.41, 5.74) is 0.641. The molecule has 34 heavy (non-hydrogen) atoms. The largest absolute Gasteiger partial charge is 0.486 e. The molecule has 3 heterocycles. The SMILES string of the molecule is O=C1CC(C(=O)Nc2ccc3c(c2)OCCO3)(c2ccccc2)N1c1ccc2c(c1)OCCO2. The first-order chi connectivity index (χ1) is 16.6. The second-order valence-electron chi connectivity index (χ2n) is 8.27. The standard InChI is InChI=1S/C26H22N2O6/c29-24-16-26(17-4-2-1-3-5-17,28(24)19-7-9-21-23(15-19)34-13-11-32-21)25(30)27-18-6-8-20-22(14-18)33-12-10-31-20/h1-9,14-15H,10-13,16H2,(H,27,30). The maximum absolute atomic E-state index is 13.9. The molecule has 0 aromatic heterocycles. The molecular formula is C26H22N2O6. The minimum Gasteiger partial charge on any atom is -0.486 e. The molecule has 1 unspecified atom stereocenters. The van der Waals surface area contributed by atoms with E-state index in [1.165, 1.54) is 4.90 Å². The van der Waals surface area contributed by atoms with Gasteiger partial charge in [-0.05, 0) is 29.8 Å². The van der Waals surface area contributed by atoms with Crippen LogP contribution < -0.4 is 29.2 Å². The molecule has 3 aromatic carbocycles. The van der Waals surface area contributed by atoms with Crippen molar-refractivity contribution in [3.05, 3.63) is 72.3 Å². The van der Waals surface area contributed by atoms with Gasteiger partial charge in [0, 0.05) is 23.5 Å². The van der Waals surface area contributed by atoms with Crippen molar-refractivity contribution in [1.29, 1.82) is 0 Å². The fraction of sp³-hybridized carbons (Fsp3) is 0.231. The number of carbonyl (C=O) groups is 2. The van der Waals surface area contributed by atoms with Gasteiger partial charge in [0.05, 0.1) is 6.42 Å². The van der Waals surface area contributed by atoms with Gasteiger partial charge in [-0.2, -0.15) is 0 Å². The predicted octanol–water partition coefficient (Wildman–Crippen LogP) is 3.50. The van der Waals surface area contributed by atoms with Crippen LogP contribution in [-0.2, 0) is 15.1 Å². The van der Waals surface area contributed by atoms with Crippen LogP contribution >= 0.6 is 0 Å². The van der Waals surface area contributed by atoms with E-state index in [1.807, 2.05) is 30.3 Å². The van der Waals surface area contributed by atoms with Crippen molar-refractivity contribution in [3.8, 4) is 23.0 Å². The van der Waals surface area contributed by atoms with Crippen molar-refractivity contribution in [3.63, 3.8) is 0 Å². The third-order valence-electron chi connectivity index (χ3n) is 6.25. The lowest BCUT2D eigenvalue weighted by Gasteiger charge is -2.50. The number of carbonyl (C=O) groups excluding carboxylic acids is 2. The Morgan fingerprint density at radius 2 is 1.38 bits per heavy atom. The summed E-state index contributed by atoms with van der Waals surface area (Å²) in [4.78, 5) is 28.4. The second kappa shape index (κ2) is 7.98. The summed E-state index contributed by atoms with van der Waals surface area (Å²) in [7, 11) is 0. The monoisotopic (exact) mass is 458 g/mol. The van der Waals surface area contributed by atoms with E-state index in [0.29, 0.717) is 60.8 Å². The first-order valence-electron chi connectivity index (χ1n) is 11.1. The quantitative estimate of drug-likeness (QED) is 0.603. The number of benzene rings is 3. The van der Waals surface area contributed by atoms with E-state index in [9.17, 15) is 9.59 Å². The molecule has 6 rings (SSSR count). The molecule has 3 aromatic rings. The van der Waals surface area contributed by atoms with Crippen molar-refractivity contribution in [2.75, 3.05) is 36.6 Å². The van der Waals surface area contributed by atoms with Gasteiger partial charge in [-0.15, -0.1) is 0 Å². The highest BCUT2D eigenvalue weighted by Crippen LogP contribution is 2.48. The lowest BCUT2D eigenvalue weighted by molar-refractivity contribution is -0.137. The van der Waals surface area contributed by atoms with E-state index >= 15 is 0 Å². The van der Waals surface area contributed by atoms with Gasteiger partial charge in [-0.3, -0.25) is 14.5 Å². The number of β-lactam (4-membered cyclic amide) rings is 1. The normalized spacial score (nSPS) is 20.4. The average molecular weight is 458 g/mol. The highest BCUT2D eigenvalue weighted by atomic mass is 16.6. The molecule has 3 aliphatic heterocycles. The van der Waals surface area contributed by atoms with Crippen LogP contribution in [0.5, 0.6) is 23.0 Å². The number of anilines is 2. The maximum Gasteiger partial charge on any atom is 0.255 e. The van der Waals surface area contributed by atoms with Gasteiger partial charge in [0.25, 0.3) is 5.91 Å². The summed E-state index contributed by atoms with van der Waals surface area (Å²) in [6.45, 7) is 1.84. The van der Waals surface area contributed by atoms with E-state index in [4.69, 9.17) is 18.9 Å². The molecule has 2 amide bonds. The van der Waals surface area contributed by atoms with E-state index < -0.39 is 5.54 Å². The number of amides is 2. The highest BCUT2D eigenvalue weighted by molar-refractivity contribution is 6.17. The number of rotatable bonds is 4. The molecule has 0 spiro atoms. The lowest BCUT2D eigenvalue weighted by Crippen LogP contribution is -2.67. The third kappa shape index (κ3) is 3.22. The number of ether oxygens (including phenoxy) is 4. The Morgan fingerprint density at radius 1 is 0.765 bits per heavy atom. The summed E-state index contributed by atoms with van der Waals surface area (Å²) in [5.74, 6) is 1.92. The Kier molecular flexibility index (Phi) is 4.79. The van der Waals surface area contributed by atoms with Gasteiger partial charge in [-0.1, -0.05) is 30.3 Å². The molecule has 8 heteroatoms. The van der Waals surface area contributed by atoms with Crippen LogP contribution in [0.2, 0.25) is 0 Å². The minimum atomic E-state index is -1.21. The van der Waals surface area contributed by atoms with Crippen molar-refractivity contribution in [2.45, 2.75) is 12.0 Å².